The van der Waals surface area contributed by atoms with Gasteiger partial charge < -0.3 is 19.7 Å². The molecule has 2 saturated heterocycles. The van der Waals surface area contributed by atoms with Crippen molar-refractivity contribution < 1.29 is 14.3 Å². The van der Waals surface area contributed by atoms with Crippen molar-refractivity contribution in [3.05, 3.63) is 0 Å². The molecule has 2 heterocycles. The van der Waals surface area contributed by atoms with E-state index in [1.165, 1.54) is 0 Å². The molecule has 0 aromatic heterocycles. The zero-order chi connectivity index (χ0) is 13.2. The number of hydrogen-bond donors (Lipinski definition) is 1. The molecule has 5 nitrogen and oxygen atoms in total. The average molecular weight is 256 g/mol. The van der Waals surface area contributed by atoms with Crippen molar-refractivity contribution in [2.45, 2.75) is 38.8 Å². The van der Waals surface area contributed by atoms with Crippen LogP contribution in [0.15, 0.2) is 0 Å². The van der Waals surface area contributed by atoms with Gasteiger partial charge >= 0.3 is 6.09 Å². The SMILES string of the molecule is CC(C)(C)OC(=O)N1CCNC(C2CCOC2)C1. The second-order valence-electron chi connectivity index (χ2n) is 6.11. The molecule has 0 bridgehead atoms. The fourth-order valence-electron chi connectivity index (χ4n) is 2.46. The molecule has 1 N–H and O–H groups in total. The third-order valence-electron chi connectivity index (χ3n) is 3.39. The Balaban J connectivity index is 1.87. The van der Waals surface area contributed by atoms with Crippen LogP contribution in [0.25, 0.3) is 0 Å². The Kier molecular flexibility index (Phi) is 4.12. The number of hydrogen-bond acceptors (Lipinski definition) is 4. The van der Waals surface area contributed by atoms with E-state index in [1.54, 1.807) is 0 Å². The summed E-state index contributed by atoms with van der Waals surface area (Å²) in [6, 6.07) is 0.341. The first kappa shape index (κ1) is 13.6. The Bertz CT molecular complexity index is 295. The summed E-state index contributed by atoms with van der Waals surface area (Å²) >= 11 is 0. The van der Waals surface area contributed by atoms with Crippen LogP contribution in [0.4, 0.5) is 4.79 Å². The third-order valence-corrected chi connectivity index (χ3v) is 3.39. The zero-order valence-corrected chi connectivity index (χ0v) is 11.6. The first-order valence-electron chi connectivity index (χ1n) is 6.75. The number of rotatable bonds is 1. The van der Waals surface area contributed by atoms with Crippen molar-refractivity contribution in [1.29, 1.82) is 0 Å². The molecule has 2 unspecified atom stereocenters. The molecule has 0 saturated carbocycles. The lowest BCUT2D eigenvalue weighted by Gasteiger charge is -2.36. The second kappa shape index (κ2) is 5.45. The topological polar surface area (TPSA) is 50.8 Å². The number of nitrogens with one attached hydrogen (secondary N) is 1. The maximum Gasteiger partial charge on any atom is 0.410 e. The normalized spacial score (nSPS) is 29.4. The summed E-state index contributed by atoms with van der Waals surface area (Å²) in [7, 11) is 0. The molecular weight excluding hydrogens is 232 g/mol. The summed E-state index contributed by atoms with van der Waals surface area (Å²) in [5, 5.41) is 3.48. The maximum absolute atomic E-state index is 12.0. The first-order chi connectivity index (χ1) is 8.46. The van der Waals surface area contributed by atoms with Gasteiger partial charge in [0.05, 0.1) is 6.61 Å². The van der Waals surface area contributed by atoms with Gasteiger partial charge in [-0.2, -0.15) is 0 Å². The van der Waals surface area contributed by atoms with Gasteiger partial charge in [0.15, 0.2) is 0 Å². The first-order valence-corrected chi connectivity index (χ1v) is 6.75. The quantitative estimate of drug-likeness (QED) is 0.766. The van der Waals surface area contributed by atoms with Crippen LogP contribution >= 0.6 is 0 Å². The highest BCUT2D eigenvalue weighted by Crippen LogP contribution is 2.20. The summed E-state index contributed by atoms with van der Waals surface area (Å²) in [6.45, 7) is 9.62. The standard InChI is InChI=1S/C13H24N2O3/c1-13(2,3)18-12(16)15-6-5-14-11(8-15)10-4-7-17-9-10/h10-11,14H,4-9H2,1-3H3. The molecule has 2 atom stereocenters. The predicted molar refractivity (Wildman–Crippen MR) is 68.5 cm³/mol. The minimum atomic E-state index is -0.423. The number of carbonyl (C=O) groups excluding carboxylic acids is 1. The average Bonchev–Trinajstić information content (AvgIpc) is 2.80. The number of amides is 1. The van der Waals surface area contributed by atoms with Gasteiger partial charge in [-0.05, 0) is 27.2 Å². The van der Waals surface area contributed by atoms with E-state index in [4.69, 9.17) is 9.47 Å². The molecule has 18 heavy (non-hydrogen) atoms. The van der Waals surface area contributed by atoms with E-state index in [0.717, 1.165) is 39.3 Å². The third kappa shape index (κ3) is 3.59. The summed E-state index contributed by atoms with van der Waals surface area (Å²) in [5.74, 6) is 0.523. The molecule has 104 valence electrons. The minimum absolute atomic E-state index is 0.201. The maximum atomic E-state index is 12.0. The lowest BCUT2D eigenvalue weighted by Crippen LogP contribution is -2.56. The number of piperazine rings is 1. The van der Waals surface area contributed by atoms with Crippen molar-refractivity contribution in [1.82, 2.24) is 10.2 Å². The zero-order valence-electron chi connectivity index (χ0n) is 11.6. The Morgan fingerprint density at radius 3 is 2.83 bits per heavy atom. The van der Waals surface area contributed by atoms with E-state index in [0.29, 0.717) is 12.0 Å². The molecule has 2 fully saturated rings. The van der Waals surface area contributed by atoms with E-state index in [2.05, 4.69) is 5.32 Å². The summed E-state index contributed by atoms with van der Waals surface area (Å²) in [5.41, 5.74) is -0.423. The molecule has 0 aromatic rings. The molecule has 1 amide bonds. The lowest BCUT2D eigenvalue weighted by molar-refractivity contribution is 0.0168. The molecule has 2 rings (SSSR count). The highest BCUT2D eigenvalue weighted by Gasteiger charge is 2.32. The highest BCUT2D eigenvalue weighted by molar-refractivity contribution is 5.68. The molecule has 0 radical (unpaired) electrons. The van der Waals surface area contributed by atoms with E-state index in [1.807, 2.05) is 25.7 Å². The van der Waals surface area contributed by atoms with Gasteiger partial charge in [-0.25, -0.2) is 4.79 Å². The van der Waals surface area contributed by atoms with Crippen molar-refractivity contribution in [2.24, 2.45) is 5.92 Å². The van der Waals surface area contributed by atoms with Gasteiger partial charge in [-0.1, -0.05) is 0 Å². The molecule has 0 spiro atoms. The van der Waals surface area contributed by atoms with Crippen LogP contribution in [0.3, 0.4) is 0 Å². The Hall–Kier alpha value is -0.810. The fourth-order valence-corrected chi connectivity index (χ4v) is 2.46. The van der Waals surface area contributed by atoms with Crippen LogP contribution in [-0.2, 0) is 9.47 Å². The molecule has 2 aliphatic rings. The van der Waals surface area contributed by atoms with E-state index < -0.39 is 5.60 Å². The van der Waals surface area contributed by atoms with Gasteiger partial charge in [-0.3, -0.25) is 0 Å². The van der Waals surface area contributed by atoms with Crippen LogP contribution in [0.1, 0.15) is 27.2 Å². The Labute approximate surface area is 109 Å². The van der Waals surface area contributed by atoms with Crippen LogP contribution in [0, 0.1) is 5.92 Å². The van der Waals surface area contributed by atoms with E-state index in [9.17, 15) is 4.79 Å². The largest absolute Gasteiger partial charge is 0.444 e. The number of nitrogens with zero attached hydrogens (tertiary/aromatic N) is 1. The second-order valence-corrected chi connectivity index (χ2v) is 6.11. The van der Waals surface area contributed by atoms with Gasteiger partial charge in [0.2, 0.25) is 0 Å². The van der Waals surface area contributed by atoms with E-state index >= 15 is 0 Å². The highest BCUT2D eigenvalue weighted by atomic mass is 16.6. The van der Waals surface area contributed by atoms with Crippen molar-refractivity contribution >= 4 is 6.09 Å². The van der Waals surface area contributed by atoms with Gasteiger partial charge in [-0.15, -0.1) is 0 Å². The summed E-state index contributed by atoms with van der Waals surface area (Å²) < 4.78 is 10.8. The number of carbonyl (C=O) groups is 1. The predicted octanol–water partition coefficient (Wildman–Crippen LogP) is 1.23. The minimum Gasteiger partial charge on any atom is -0.444 e. The summed E-state index contributed by atoms with van der Waals surface area (Å²) in [6.07, 6.45) is 0.882. The van der Waals surface area contributed by atoms with Crippen LogP contribution < -0.4 is 5.32 Å². The smallest absolute Gasteiger partial charge is 0.410 e. The molecule has 5 heteroatoms. The van der Waals surface area contributed by atoms with Crippen LogP contribution in [-0.4, -0.2) is 55.5 Å². The molecule has 2 aliphatic heterocycles. The van der Waals surface area contributed by atoms with Crippen LogP contribution in [0.2, 0.25) is 0 Å². The van der Waals surface area contributed by atoms with Gasteiger partial charge in [0.1, 0.15) is 5.60 Å². The Morgan fingerprint density at radius 2 is 2.22 bits per heavy atom. The monoisotopic (exact) mass is 256 g/mol. The van der Waals surface area contributed by atoms with E-state index in [-0.39, 0.29) is 6.09 Å². The lowest BCUT2D eigenvalue weighted by atomic mass is 9.97. The van der Waals surface area contributed by atoms with Crippen molar-refractivity contribution in [3.63, 3.8) is 0 Å². The van der Waals surface area contributed by atoms with Crippen LogP contribution in [0.5, 0.6) is 0 Å². The van der Waals surface area contributed by atoms with Gasteiger partial charge in [0, 0.05) is 38.2 Å². The fraction of sp³-hybridized carbons (Fsp3) is 0.923. The van der Waals surface area contributed by atoms with Crippen molar-refractivity contribution in [3.8, 4) is 0 Å². The van der Waals surface area contributed by atoms with Gasteiger partial charge in [0.25, 0.3) is 0 Å². The number of ether oxygens (including phenoxy) is 2. The van der Waals surface area contributed by atoms with Crippen molar-refractivity contribution in [2.75, 3.05) is 32.8 Å². The molecule has 0 aliphatic carbocycles. The molecule has 0 aromatic carbocycles. The Morgan fingerprint density at radius 1 is 1.44 bits per heavy atom. The molecular formula is C13H24N2O3. The summed E-state index contributed by atoms with van der Waals surface area (Å²) in [4.78, 5) is 13.8.